The maximum Gasteiger partial charge on any atom is 0.161 e. The van der Waals surface area contributed by atoms with E-state index in [0.29, 0.717) is 11.7 Å². The maximum atomic E-state index is 5.37. The average Bonchev–Trinajstić information content (AvgIpc) is 3.23. The number of nitrogens with one attached hydrogen (secondary N) is 1. The van der Waals surface area contributed by atoms with Crippen molar-refractivity contribution in [3.05, 3.63) is 42.1 Å². The Morgan fingerprint density at radius 1 is 1.18 bits per heavy atom. The molecule has 1 aromatic heterocycles. The van der Waals surface area contributed by atoms with Gasteiger partial charge in [-0.2, -0.15) is 0 Å². The van der Waals surface area contributed by atoms with E-state index < -0.39 is 0 Å². The predicted molar refractivity (Wildman–Crippen MR) is 67.3 cm³/mol. The second-order valence-corrected chi connectivity index (χ2v) is 4.27. The van der Waals surface area contributed by atoms with E-state index in [9.17, 15) is 0 Å². The number of rotatable bonds is 3. The summed E-state index contributed by atoms with van der Waals surface area (Å²) < 4.78 is 0. The third kappa shape index (κ3) is 1.99. The highest BCUT2D eigenvalue weighted by Crippen LogP contribution is 2.43. The molecule has 0 spiro atoms. The first kappa shape index (κ1) is 10.2. The summed E-state index contributed by atoms with van der Waals surface area (Å²) in [6.07, 6.45) is 4.26. The summed E-state index contributed by atoms with van der Waals surface area (Å²) in [7, 11) is 0. The van der Waals surface area contributed by atoms with E-state index in [2.05, 4.69) is 33.6 Å². The van der Waals surface area contributed by atoms with E-state index in [4.69, 9.17) is 5.84 Å². The summed E-state index contributed by atoms with van der Waals surface area (Å²) in [5, 5.41) is 0. The third-order valence-corrected chi connectivity index (χ3v) is 3.02. The number of benzene rings is 1. The highest BCUT2D eigenvalue weighted by Gasteiger charge is 2.26. The fraction of sp³-hybridized carbons (Fsp3) is 0.231. The van der Waals surface area contributed by atoms with Crippen molar-refractivity contribution in [2.45, 2.75) is 18.8 Å². The van der Waals surface area contributed by atoms with Crippen molar-refractivity contribution in [1.29, 1.82) is 0 Å². The van der Waals surface area contributed by atoms with Crippen LogP contribution in [0.1, 0.15) is 24.3 Å². The molecule has 0 saturated heterocycles. The van der Waals surface area contributed by atoms with Crippen molar-refractivity contribution in [3.63, 3.8) is 0 Å². The fourth-order valence-corrected chi connectivity index (χ4v) is 2.02. The lowest BCUT2D eigenvalue weighted by molar-refractivity contribution is 1.09. The zero-order valence-electron chi connectivity index (χ0n) is 9.43. The van der Waals surface area contributed by atoms with E-state index >= 15 is 0 Å². The van der Waals surface area contributed by atoms with E-state index in [1.54, 1.807) is 12.3 Å². The van der Waals surface area contributed by atoms with Gasteiger partial charge in [0.05, 0.1) is 0 Å². The van der Waals surface area contributed by atoms with Crippen molar-refractivity contribution in [2.24, 2.45) is 5.84 Å². The number of nitrogen functional groups attached to an aromatic ring is 1. The van der Waals surface area contributed by atoms with E-state index in [0.717, 1.165) is 11.4 Å². The molecule has 4 nitrogen and oxygen atoms in total. The molecule has 1 aliphatic rings. The quantitative estimate of drug-likeness (QED) is 0.622. The van der Waals surface area contributed by atoms with Crippen LogP contribution in [0.15, 0.2) is 36.5 Å². The lowest BCUT2D eigenvalue weighted by atomic mass is 10.0. The monoisotopic (exact) mass is 226 g/mol. The number of hydrogen-bond donors (Lipinski definition) is 2. The lowest BCUT2D eigenvalue weighted by Gasteiger charge is -2.08. The largest absolute Gasteiger partial charge is 0.308 e. The Morgan fingerprint density at radius 2 is 2.00 bits per heavy atom. The molecule has 86 valence electrons. The van der Waals surface area contributed by atoms with Crippen molar-refractivity contribution < 1.29 is 0 Å². The van der Waals surface area contributed by atoms with Crippen LogP contribution in [0.25, 0.3) is 11.4 Å². The Bertz CT molecular complexity index is 534. The SMILES string of the molecule is NNc1ccnc(-c2ccccc2C2CC2)n1. The summed E-state index contributed by atoms with van der Waals surface area (Å²) in [4.78, 5) is 8.71. The molecular formula is C13H14N4. The Balaban J connectivity index is 2.07. The van der Waals surface area contributed by atoms with Gasteiger partial charge in [-0.25, -0.2) is 15.8 Å². The van der Waals surface area contributed by atoms with Crippen LogP contribution in [0.3, 0.4) is 0 Å². The van der Waals surface area contributed by atoms with Crippen LogP contribution in [0.5, 0.6) is 0 Å². The van der Waals surface area contributed by atoms with Gasteiger partial charge in [0.2, 0.25) is 0 Å². The Kier molecular flexibility index (Phi) is 2.49. The molecule has 0 atom stereocenters. The minimum Gasteiger partial charge on any atom is -0.308 e. The smallest absolute Gasteiger partial charge is 0.161 e. The molecule has 0 radical (unpaired) electrons. The second kappa shape index (κ2) is 4.14. The van der Waals surface area contributed by atoms with Crippen molar-refractivity contribution in [2.75, 3.05) is 5.43 Å². The molecule has 0 bridgehead atoms. The van der Waals surface area contributed by atoms with Gasteiger partial charge in [-0.05, 0) is 24.3 Å². The van der Waals surface area contributed by atoms with E-state index in [-0.39, 0.29) is 0 Å². The van der Waals surface area contributed by atoms with Gasteiger partial charge < -0.3 is 5.43 Å². The number of hydrogen-bond acceptors (Lipinski definition) is 4. The second-order valence-electron chi connectivity index (χ2n) is 4.27. The summed E-state index contributed by atoms with van der Waals surface area (Å²) >= 11 is 0. The van der Waals surface area contributed by atoms with Crippen LogP contribution in [0.2, 0.25) is 0 Å². The molecule has 1 aliphatic carbocycles. The zero-order chi connectivity index (χ0) is 11.7. The van der Waals surface area contributed by atoms with Crippen molar-refractivity contribution >= 4 is 5.82 Å². The molecule has 1 aromatic carbocycles. The van der Waals surface area contributed by atoms with Gasteiger partial charge in [-0.15, -0.1) is 0 Å². The Hall–Kier alpha value is -1.94. The predicted octanol–water partition coefficient (Wildman–Crippen LogP) is 2.31. The molecule has 0 aliphatic heterocycles. The van der Waals surface area contributed by atoms with Crippen LogP contribution >= 0.6 is 0 Å². The summed E-state index contributed by atoms with van der Waals surface area (Å²) in [6, 6.07) is 10.1. The minimum absolute atomic E-state index is 0.639. The molecular weight excluding hydrogens is 212 g/mol. The Morgan fingerprint density at radius 3 is 2.76 bits per heavy atom. The molecule has 17 heavy (non-hydrogen) atoms. The highest BCUT2D eigenvalue weighted by atomic mass is 15.3. The molecule has 3 N–H and O–H groups in total. The van der Waals surface area contributed by atoms with Crippen molar-refractivity contribution in [1.82, 2.24) is 9.97 Å². The summed E-state index contributed by atoms with van der Waals surface area (Å²) in [5.74, 6) is 7.43. The minimum atomic E-state index is 0.639. The standard InChI is InChI=1S/C13H14N4/c14-17-12-7-8-15-13(16-12)11-4-2-1-3-10(11)9-5-6-9/h1-4,7-9H,5-6,14H2,(H,15,16,17). The van der Waals surface area contributed by atoms with Gasteiger partial charge in [0.15, 0.2) is 5.82 Å². The third-order valence-electron chi connectivity index (χ3n) is 3.02. The number of hydrazine groups is 1. The van der Waals surface area contributed by atoms with Gasteiger partial charge in [0, 0.05) is 17.8 Å². The molecule has 0 unspecified atom stereocenters. The van der Waals surface area contributed by atoms with Crippen LogP contribution in [-0.4, -0.2) is 9.97 Å². The molecule has 1 saturated carbocycles. The number of nitrogens with zero attached hydrogens (tertiary/aromatic N) is 2. The van der Waals surface area contributed by atoms with Gasteiger partial charge in [0.1, 0.15) is 5.82 Å². The fourth-order valence-electron chi connectivity index (χ4n) is 2.02. The zero-order valence-corrected chi connectivity index (χ0v) is 9.43. The molecule has 1 heterocycles. The van der Waals surface area contributed by atoms with E-state index in [1.165, 1.54) is 18.4 Å². The molecule has 3 rings (SSSR count). The summed E-state index contributed by atoms with van der Waals surface area (Å²) in [5.41, 5.74) is 5.02. The lowest BCUT2D eigenvalue weighted by Crippen LogP contribution is -2.09. The summed E-state index contributed by atoms with van der Waals surface area (Å²) in [6.45, 7) is 0. The average molecular weight is 226 g/mol. The first-order valence-corrected chi connectivity index (χ1v) is 5.77. The highest BCUT2D eigenvalue weighted by molar-refractivity contribution is 5.63. The number of aromatic nitrogens is 2. The number of anilines is 1. The van der Waals surface area contributed by atoms with Gasteiger partial charge in [-0.1, -0.05) is 24.3 Å². The molecule has 0 amide bonds. The van der Waals surface area contributed by atoms with Crippen LogP contribution in [0.4, 0.5) is 5.82 Å². The Labute approximate surface area is 99.9 Å². The molecule has 1 fully saturated rings. The topological polar surface area (TPSA) is 63.8 Å². The van der Waals surface area contributed by atoms with Gasteiger partial charge in [-0.3, -0.25) is 0 Å². The van der Waals surface area contributed by atoms with Crippen LogP contribution < -0.4 is 11.3 Å². The number of nitrogens with two attached hydrogens (primary N) is 1. The normalized spacial score (nSPS) is 14.6. The first-order valence-electron chi connectivity index (χ1n) is 5.77. The van der Waals surface area contributed by atoms with E-state index in [1.807, 2.05) is 6.07 Å². The first-order chi connectivity index (χ1) is 8.38. The van der Waals surface area contributed by atoms with Crippen molar-refractivity contribution in [3.8, 4) is 11.4 Å². The maximum absolute atomic E-state index is 5.37. The molecule has 4 heteroatoms. The molecule has 2 aromatic rings. The van der Waals surface area contributed by atoms with Crippen LogP contribution in [-0.2, 0) is 0 Å². The van der Waals surface area contributed by atoms with Gasteiger partial charge >= 0.3 is 0 Å². The van der Waals surface area contributed by atoms with Crippen LogP contribution in [0, 0.1) is 0 Å². The van der Waals surface area contributed by atoms with Gasteiger partial charge in [0.25, 0.3) is 0 Å².